The molecule has 4 aromatic rings. The highest BCUT2D eigenvalue weighted by Gasteiger charge is 2.13. The Morgan fingerprint density at radius 3 is 2.64 bits per heavy atom. The van der Waals surface area contributed by atoms with E-state index in [1.807, 2.05) is 31.4 Å². The molecule has 0 fully saturated rings. The highest BCUT2D eigenvalue weighted by atomic mass is 32.1. The molecule has 6 nitrogen and oxygen atoms in total. The molecule has 140 valence electrons. The van der Waals surface area contributed by atoms with Gasteiger partial charge < -0.3 is 9.15 Å². The molecule has 0 bridgehead atoms. The first-order valence-electron chi connectivity index (χ1n) is 8.61. The number of hydrogen-bond acceptors (Lipinski definition) is 6. The van der Waals surface area contributed by atoms with Crippen LogP contribution < -0.4 is 10.1 Å². The quantitative estimate of drug-likeness (QED) is 0.489. The number of furan rings is 1. The smallest absolute Gasteiger partial charge is 0.257 e. The Balaban J connectivity index is 1.43. The maximum absolute atomic E-state index is 12.5. The first-order valence-corrected chi connectivity index (χ1v) is 9.49. The van der Waals surface area contributed by atoms with Gasteiger partial charge in [0.15, 0.2) is 5.13 Å². The van der Waals surface area contributed by atoms with Crippen molar-refractivity contribution < 1.29 is 13.9 Å². The van der Waals surface area contributed by atoms with Gasteiger partial charge in [0.1, 0.15) is 23.0 Å². The number of benzene rings is 1. The molecule has 3 aromatic heterocycles. The molecule has 0 atom stereocenters. The summed E-state index contributed by atoms with van der Waals surface area (Å²) in [5.74, 6) is 2.69. The van der Waals surface area contributed by atoms with Crippen LogP contribution in [0.1, 0.15) is 21.9 Å². The number of nitrogens with one attached hydrogen (secondary N) is 1. The fourth-order valence-electron chi connectivity index (χ4n) is 2.73. The molecule has 1 N–H and O–H groups in total. The predicted octanol–water partition coefficient (Wildman–Crippen LogP) is 5.46. The van der Waals surface area contributed by atoms with Crippen LogP contribution in [-0.2, 0) is 0 Å². The van der Waals surface area contributed by atoms with E-state index in [4.69, 9.17) is 9.15 Å². The third-order valence-corrected chi connectivity index (χ3v) is 4.79. The number of anilines is 1. The molecule has 3 heterocycles. The fraction of sp³-hybridized carbons (Fsp3) is 0.0952. The average Bonchev–Trinajstić information content (AvgIpc) is 3.28. The van der Waals surface area contributed by atoms with Gasteiger partial charge >= 0.3 is 0 Å². The van der Waals surface area contributed by atoms with Crippen LogP contribution in [0.4, 0.5) is 5.13 Å². The van der Waals surface area contributed by atoms with Crippen molar-refractivity contribution >= 4 is 22.4 Å². The number of amides is 1. The van der Waals surface area contributed by atoms with Crippen LogP contribution in [-0.4, -0.2) is 15.9 Å². The van der Waals surface area contributed by atoms with Crippen LogP contribution in [0, 0.1) is 13.8 Å². The van der Waals surface area contributed by atoms with Crippen molar-refractivity contribution in [3.05, 3.63) is 77.3 Å². The van der Waals surface area contributed by atoms with Gasteiger partial charge in [-0.3, -0.25) is 15.1 Å². The number of aryl methyl sites for hydroxylation is 2. The Hall–Kier alpha value is -3.45. The Labute approximate surface area is 165 Å². The minimum absolute atomic E-state index is 0.228. The Kier molecular flexibility index (Phi) is 4.90. The van der Waals surface area contributed by atoms with Crippen LogP contribution in [0.2, 0.25) is 0 Å². The van der Waals surface area contributed by atoms with Crippen molar-refractivity contribution in [3.63, 3.8) is 0 Å². The average molecular weight is 391 g/mol. The van der Waals surface area contributed by atoms with E-state index in [1.165, 1.54) is 11.3 Å². The van der Waals surface area contributed by atoms with E-state index < -0.39 is 0 Å². The van der Waals surface area contributed by atoms with Crippen molar-refractivity contribution in [2.45, 2.75) is 13.8 Å². The van der Waals surface area contributed by atoms with Crippen LogP contribution in [0.5, 0.6) is 11.5 Å². The van der Waals surface area contributed by atoms with Gasteiger partial charge in [0.2, 0.25) is 0 Å². The van der Waals surface area contributed by atoms with Crippen molar-refractivity contribution in [2.24, 2.45) is 0 Å². The van der Waals surface area contributed by atoms with Crippen LogP contribution in [0.25, 0.3) is 11.3 Å². The molecule has 0 spiro atoms. The van der Waals surface area contributed by atoms with E-state index in [1.54, 1.807) is 42.7 Å². The van der Waals surface area contributed by atoms with Gasteiger partial charge in [0.05, 0.1) is 11.9 Å². The molecule has 4 rings (SSSR count). The van der Waals surface area contributed by atoms with Gasteiger partial charge in [0.25, 0.3) is 5.91 Å². The molecule has 0 radical (unpaired) electrons. The molecule has 0 aliphatic rings. The zero-order valence-corrected chi connectivity index (χ0v) is 16.1. The Morgan fingerprint density at radius 1 is 1.14 bits per heavy atom. The number of ether oxygens (including phenoxy) is 1. The van der Waals surface area contributed by atoms with Gasteiger partial charge in [-0.25, -0.2) is 4.98 Å². The highest BCUT2D eigenvalue weighted by molar-refractivity contribution is 7.14. The number of thiazole rings is 1. The number of hydrogen-bond donors (Lipinski definition) is 1. The van der Waals surface area contributed by atoms with Gasteiger partial charge in [-0.1, -0.05) is 0 Å². The molecule has 7 heteroatoms. The number of nitrogens with zero attached hydrogens (tertiary/aromatic N) is 2. The summed E-state index contributed by atoms with van der Waals surface area (Å²) in [7, 11) is 0. The van der Waals surface area contributed by atoms with Crippen LogP contribution in [0.3, 0.4) is 0 Å². The zero-order valence-electron chi connectivity index (χ0n) is 15.3. The van der Waals surface area contributed by atoms with E-state index in [0.717, 1.165) is 22.8 Å². The van der Waals surface area contributed by atoms with Crippen molar-refractivity contribution in [2.75, 3.05) is 5.32 Å². The summed E-state index contributed by atoms with van der Waals surface area (Å²) >= 11 is 1.37. The second-order valence-corrected chi connectivity index (χ2v) is 6.99. The number of pyridine rings is 1. The van der Waals surface area contributed by atoms with Gasteiger partial charge in [-0.2, -0.15) is 0 Å². The summed E-state index contributed by atoms with van der Waals surface area (Å²) in [6, 6.07) is 12.5. The Bertz CT molecular complexity index is 1100. The summed E-state index contributed by atoms with van der Waals surface area (Å²) < 4.78 is 11.2. The molecular weight excluding hydrogens is 374 g/mol. The molecule has 1 aromatic carbocycles. The summed E-state index contributed by atoms with van der Waals surface area (Å²) in [5.41, 5.74) is 2.24. The van der Waals surface area contributed by atoms with Gasteiger partial charge in [-0.05, 0) is 56.3 Å². The fourth-order valence-corrected chi connectivity index (χ4v) is 3.43. The summed E-state index contributed by atoms with van der Waals surface area (Å²) in [6.07, 6.45) is 3.31. The molecule has 0 aliphatic heterocycles. The van der Waals surface area contributed by atoms with Crippen molar-refractivity contribution in [1.29, 1.82) is 0 Å². The second-order valence-electron chi connectivity index (χ2n) is 6.13. The second kappa shape index (κ2) is 7.66. The number of carbonyl (C=O) groups is 1. The summed E-state index contributed by atoms with van der Waals surface area (Å²) in [5, 5.41) is 5.27. The lowest BCUT2D eigenvalue weighted by atomic mass is 10.2. The lowest BCUT2D eigenvalue weighted by Gasteiger charge is -2.06. The number of rotatable bonds is 5. The first kappa shape index (κ1) is 17.9. The third-order valence-electron chi connectivity index (χ3n) is 4.03. The van der Waals surface area contributed by atoms with Crippen molar-refractivity contribution in [3.8, 4) is 22.8 Å². The minimum Gasteiger partial charge on any atom is -0.466 e. The topological polar surface area (TPSA) is 77.2 Å². The largest absolute Gasteiger partial charge is 0.466 e. The van der Waals surface area contributed by atoms with Crippen molar-refractivity contribution in [1.82, 2.24) is 9.97 Å². The van der Waals surface area contributed by atoms with Crippen LogP contribution in [0.15, 0.2) is 64.7 Å². The normalized spacial score (nSPS) is 10.6. The lowest BCUT2D eigenvalue weighted by Crippen LogP contribution is -2.11. The molecule has 0 saturated carbocycles. The zero-order chi connectivity index (χ0) is 19.5. The molecule has 1 amide bonds. The predicted molar refractivity (Wildman–Crippen MR) is 108 cm³/mol. The van der Waals surface area contributed by atoms with E-state index in [2.05, 4.69) is 15.3 Å². The monoisotopic (exact) mass is 391 g/mol. The minimum atomic E-state index is -0.228. The lowest BCUT2D eigenvalue weighted by molar-refractivity contribution is 0.102. The van der Waals surface area contributed by atoms with E-state index in [0.29, 0.717) is 22.2 Å². The highest BCUT2D eigenvalue weighted by Crippen LogP contribution is 2.30. The molecular formula is C21H17N3O3S. The van der Waals surface area contributed by atoms with E-state index >= 15 is 0 Å². The maximum atomic E-state index is 12.5. The van der Waals surface area contributed by atoms with Crippen LogP contribution >= 0.6 is 11.3 Å². The molecule has 0 saturated heterocycles. The number of carbonyl (C=O) groups excluding carboxylic acids is 1. The molecule has 28 heavy (non-hydrogen) atoms. The van der Waals surface area contributed by atoms with E-state index in [9.17, 15) is 4.79 Å². The molecule has 0 aliphatic carbocycles. The van der Waals surface area contributed by atoms with E-state index in [-0.39, 0.29) is 5.91 Å². The maximum Gasteiger partial charge on any atom is 0.257 e. The SMILES string of the molecule is Cc1cc(-c2csc(NC(=O)c3ccc(Oc4cccnc4)cc3)n2)c(C)o1. The standard InChI is InChI=1S/C21H17N3O3S/c1-13-10-18(14(2)26-13)19-12-28-21(23-19)24-20(25)15-5-7-16(8-6-15)27-17-4-3-9-22-11-17/h3-12H,1-2H3,(H,23,24,25). The summed E-state index contributed by atoms with van der Waals surface area (Å²) in [4.78, 5) is 21.0. The number of aromatic nitrogens is 2. The van der Waals surface area contributed by atoms with Gasteiger partial charge in [-0.15, -0.1) is 11.3 Å². The third kappa shape index (κ3) is 3.94. The van der Waals surface area contributed by atoms with Gasteiger partial charge in [0, 0.05) is 22.7 Å². The summed E-state index contributed by atoms with van der Waals surface area (Å²) in [6.45, 7) is 3.79. The molecule has 0 unspecified atom stereocenters. The Morgan fingerprint density at radius 2 is 1.96 bits per heavy atom. The first-order chi connectivity index (χ1) is 13.6.